The Kier molecular flexibility index (Phi) is 5.97. The minimum Gasteiger partial charge on any atom is -0.476 e. The van der Waals surface area contributed by atoms with Crippen LogP contribution in [0.15, 0.2) is 17.4 Å². The summed E-state index contributed by atoms with van der Waals surface area (Å²) >= 11 is 0. The van der Waals surface area contributed by atoms with Crippen LogP contribution in [0.5, 0.6) is 5.88 Å². The Morgan fingerprint density at radius 2 is 2.20 bits per heavy atom. The molecule has 112 valence electrons. The lowest BCUT2D eigenvalue weighted by Gasteiger charge is -2.08. The first-order valence-corrected chi connectivity index (χ1v) is 5.60. The molecule has 0 aliphatic carbocycles. The molecule has 0 atom stereocenters. The number of aliphatic imine (C=N–C) groups is 1. The van der Waals surface area contributed by atoms with Crippen molar-refractivity contribution in [2.45, 2.75) is 12.6 Å². The Bertz CT molecular complexity index is 453. The number of anilines is 1. The number of alkyl halides is 3. The van der Waals surface area contributed by atoms with Crippen LogP contribution >= 0.6 is 0 Å². The summed E-state index contributed by atoms with van der Waals surface area (Å²) in [7, 11) is 0. The predicted molar refractivity (Wildman–Crippen MR) is 65.4 cm³/mol. The van der Waals surface area contributed by atoms with E-state index in [2.05, 4.69) is 20.3 Å². The first-order chi connectivity index (χ1) is 9.40. The topological polar surface area (TPSA) is 106 Å². The highest BCUT2D eigenvalue weighted by molar-refractivity contribution is 5.91. The highest BCUT2D eigenvalue weighted by Crippen LogP contribution is 2.14. The molecular weight excluding hydrogens is 279 g/mol. The number of rotatable bonds is 6. The molecule has 0 aliphatic rings. The van der Waals surface area contributed by atoms with Crippen molar-refractivity contribution >= 4 is 11.8 Å². The Hall–Kier alpha value is -2.10. The molecule has 1 aromatic heterocycles. The van der Waals surface area contributed by atoms with Gasteiger partial charge in [0, 0.05) is 13.0 Å². The molecule has 7 nitrogen and oxygen atoms in total. The summed E-state index contributed by atoms with van der Waals surface area (Å²) in [5, 5.41) is 11.0. The van der Waals surface area contributed by atoms with Gasteiger partial charge in [0.05, 0.1) is 19.0 Å². The fraction of sp³-hybridized carbons (Fsp3) is 0.500. The number of nitrogens with two attached hydrogens (primary N) is 1. The zero-order valence-corrected chi connectivity index (χ0v) is 10.4. The molecule has 0 spiro atoms. The van der Waals surface area contributed by atoms with Crippen LogP contribution in [0.1, 0.15) is 6.42 Å². The molecule has 1 rings (SSSR count). The average molecular weight is 293 g/mol. The first-order valence-electron chi connectivity index (χ1n) is 5.60. The van der Waals surface area contributed by atoms with Gasteiger partial charge in [-0.05, 0) is 0 Å². The summed E-state index contributed by atoms with van der Waals surface area (Å²) in [6, 6.07) is 0. The maximum atomic E-state index is 11.9. The fourth-order valence-corrected chi connectivity index (χ4v) is 1.06. The van der Waals surface area contributed by atoms with Crippen LogP contribution in [0.4, 0.5) is 19.0 Å². The van der Waals surface area contributed by atoms with Crippen molar-refractivity contribution in [1.82, 2.24) is 9.97 Å². The van der Waals surface area contributed by atoms with E-state index < -0.39 is 18.7 Å². The smallest absolute Gasteiger partial charge is 0.408 e. The number of guanidine groups is 1. The van der Waals surface area contributed by atoms with Crippen LogP contribution in [-0.4, -0.2) is 47.0 Å². The second-order valence-corrected chi connectivity index (χ2v) is 3.61. The molecular formula is C10H14F3N5O2. The number of nitrogens with one attached hydrogen (secondary N) is 1. The molecule has 0 bridgehead atoms. The van der Waals surface area contributed by atoms with Crippen LogP contribution in [0.2, 0.25) is 0 Å². The highest BCUT2D eigenvalue weighted by Gasteiger charge is 2.26. The average Bonchev–Trinajstić information content (AvgIpc) is 2.36. The van der Waals surface area contributed by atoms with E-state index in [-0.39, 0.29) is 24.9 Å². The van der Waals surface area contributed by atoms with Gasteiger partial charge in [0.1, 0.15) is 6.54 Å². The SMILES string of the molecule is NC(=NCC(F)(F)F)Nc1cncc(OCCCO)n1. The molecule has 10 heteroatoms. The molecule has 0 saturated carbocycles. The van der Waals surface area contributed by atoms with Crippen molar-refractivity contribution in [3.05, 3.63) is 12.4 Å². The zero-order valence-electron chi connectivity index (χ0n) is 10.4. The van der Waals surface area contributed by atoms with E-state index >= 15 is 0 Å². The third-order valence-corrected chi connectivity index (χ3v) is 1.85. The van der Waals surface area contributed by atoms with E-state index in [0.29, 0.717) is 6.42 Å². The van der Waals surface area contributed by atoms with Gasteiger partial charge in [0.25, 0.3) is 0 Å². The lowest BCUT2D eigenvalue weighted by molar-refractivity contribution is -0.118. The van der Waals surface area contributed by atoms with Crippen LogP contribution in [-0.2, 0) is 0 Å². The van der Waals surface area contributed by atoms with Gasteiger partial charge in [-0.25, -0.2) is 4.99 Å². The van der Waals surface area contributed by atoms with Crippen molar-refractivity contribution in [2.75, 3.05) is 25.1 Å². The maximum absolute atomic E-state index is 11.9. The van der Waals surface area contributed by atoms with Crippen LogP contribution in [0.3, 0.4) is 0 Å². The molecule has 20 heavy (non-hydrogen) atoms. The van der Waals surface area contributed by atoms with E-state index in [4.69, 9.17) is 15.6 Å². The quantitative estimate of drug-likeness (QED) is 0.401. The van der Waals surface area contributed by atoms with E-state index in [1.54, 1.807) is 0 Å². The molecule has 0 fully saturated rings. The van der Waals surface area contributed by atoms with Crippen molar-refractivity contribution < 1.29 is 23.0 Å². The van der Waals surface area contributed by atoms with Crippen molar-refractivity contribution in [1.29, 1.82) is 0 Å². The lowest BCUT2D eigenvalue weighted by atomic mass is 10.5. The number of hydrogen-bond donors (Lipinski definition) is 3. The minimum atomic E-state index is -4.42. The van der Waals surface area contributed by atoms with E-state index in [9.17, 15) is 13.2 Å². The largest absolute Gasteiger partial charge is 0.476 e. The highest BCUT2D eigenvalue weighted by atomic mass is 19.4. The molecule has 0 aliphatic heterocycles. The summed E-state index contributed by atoms with van der Waals surface area (Å²) in [4.78, 5) is 10.8. The second kappa shape index (κ2) is 7.48. The predicted octanol–water partition coefficient (Wildman–Crippen LogP) is 0.527. The Balaban J connectivity index is 2.57. The van der Waals surface area contributed by atoms with Gasteiger partial charge in [-0.2, -0.15) is 18.2 Å². The normalized spacial score (nSPS) is 12.3. The third kappa shape index (κ3) is 6.73. The van der Waals surface area contributed by atoms with Gasteiger partial charge in [0.15, 0.2) is 11.8 Å². The first kappa shape index (κ1) is 16.0. The molecule has 0 amide bonds. The number of aliphatic hydroxyl groups is 1. The third-order valence-electron chi connectivity index (χ3n) is 1.85. The molecule has 1 heterocycles. The van der Waals surface area contributed by atoms with Crippen molar-refractivity contribution in [2.24, 2.45) is 10.7 Å². The number of nitrogens with zero attached hydrogens (tertiary/aromatic N) is 3. The van der Waals surface area contributed by atoms with E-state index in [0.717, 1.165) is 0 Å². The van der Waals surface area contributed by atoms with Gasteiger partial charge in [-0.3, -0.25) is 4.98 Å². The van der Waals surface area contributed by atoms with Crippen LogP contribution in [0.25, 0.3) is 0 Å². The van der Waals surface area contributed by atoms with E-state index in [1.165, 1.54) is 12.4 Å². The van der Waals surface area contributed by atoms with Crippen LogP contribution < -0.4 is 15.8 Å². The Morgan fingerprint density at radius 1 is 1.45 bits per heavy atom. The van der Waals surface area contributed by atoms with Gasteiger partial charge in [0.2, 0.25) is 5.88 Å². The summed E-state index contributed by atoms with van der Waals surface area (Å²) < 4.78 is 40.9. The summed E-state index contributed by atoms with van der Waals surface area (Å²) in [5.74, 6) is -0.161. The molecule has 0 aromatic carbocycles. The summed E-state index contributed by atoms with van der Waals surface area (Å²) in [6.45, 7) is -1.17. The van der Waals surface area contributed by atoms with Crippen molar-refractivity contribution in [3.63, 3.8) is 0 Å². The number of ether oxygens (including phenoxy) is 1. The monoisotopic (exact) mass is 293 g/mol. The van der Waals surface area contributed by atoms with Gasteiger partial charge in [-0.15, -0.1) is 0 Å². The standard InChI is InChI=1S/C10H14F3N5O2/c11-10(12,13)6-16-9(14)18-7-4-15-5-8(17-7)20-3-1-2-19/h4-5,19H,1-3,6H2,(H3,14,16,17,18). The van der Waals surface area contributed by atoms with Crippen LogP contribution in [0, 0.1) is 0 Å². The van der Waals surface area contributed by atoms with Gasteiger partial charge in [-0.1, -0.05) is 0 Å². The number of aliphatic hydroxyl groups excluding tert-OH is 1. The molecule has 0 saturated heterocycles. The maximum Gasteiger partial charge on any atom is 0.408 e. The van der Waals surface area contributed by atoms with Crippen molar-refractivity contribution in [3.8, 4) is 5.88 Å². The fourth-order valence-electron chi connectivity index (χ4n) is 1.06. The minimum absolute atomic E-state index is 0.0254. The molecule has 1 aromatic rings. The Morgan fingerprint density at radius 3 is 2.85 bits per heavy atom. The number of hydrogen-bond acceptors (Lipinski definition) is 5. The van der Waals surface area contributed by atoms with Gasteiger partial charge < -0.3 is 20.9 Å². The van der Waals surface area contributed by atoms with E-state index in [1.807, 2.05) is 0 Å². The summed E-state index contributed by atoms with van der Waals surface area (Å²) in [6.07, 6.45) is -1.41. The molecule has 0 radical (unpaired) electrons. The number of aromatic nitrogens is 2. The molecule has 4 N–H and O–H groups in total. The lowest BCUT2D eigenvalue weighted by Crippen LogP contribution is -2.26. The number of halogens is 3. The molecule has 0 unspecified atom stereocenters. The Labute approximate surface area is 112 Å². The zero-order chi connectivity index (χ0) is 15.0. The van der Waals surface area contributed by atoms with Gasteiger partial charge >= 0.3 is 6.18 Å². The summed E-state index contributed by atoms with van der Waals surface area (Å²) in [5.41, 5.74) is 5.28. The second-order valence-electron chi connectivity index (χ2n) is 3.61.